The summed E-state index contributed by atoms with van der Waals surface area (Å²) < 4.78 is 0. The Balaban J connectivity index is 1.71. The molecule has 2 heterocycles. The summed E-state index contributed by atoms with van der Waals surface area (Å²) in [6.07, 6.45) is 0.404. The van der Waals surface area contributed by atoms with Crippen molar-refractivity contribution in [1.82, 2.24) is 4.98 Å². The quantitative estimate of drug-likeness (QED) is 0.707. The van der Waals surface area contributed by atoms with Gasteiger partial charge in [0.05, 0.1) is 0 Å². The van der Waals surface area contributed by atoms with E-state index < -0.39 is 0 Å². The molecule has 0 aliphatic carbocycles. The third-order valence-electron chi connectivity index (χ3n) is 3.23. The molecular formula is C17H15N3O2S2. The van der Waals surface area contributed by atoms with Gasteiger partial charge in [-0.15, -0.1) is 11.3 Å². The van der Waals surface area contributed by atoms with E-state index in [0.717, 1.165) is 10.6 Å². The minimum Gasteiger partial charge on any atom is -0.326 e. The number of aromatic nitrogens is 1. The van der Waals surface area contributed by atoms with Crippen LogP contribution in [0.15, 0.2) is 46.5 Å². The van der Waals surface area contributed by atoms with E-state index in [1.807, 2.05) is 16.8 Å². The lowest BCUT2D eigenvalue weighted by Gasteiger charge is -2.07. The zero-order chi connectivity index (χ0) is 16.9. The third kappa shape index (κ3) is 3.87. The molecule has 122 valence electrons. The highest BCUT2D eigenvalue weighted by molar-refractivity contribution is 7.14. The Morgan fingerprint density at radius 3 is 2.62 bits per heavy atom. The molecule has 0 fully saturated rings. The zero-order valence-electron chi connectivity index (χ0n) is 12.9. The monoisotopic (exact) mass is 357 g/mol. The lowest BCUT2D eigenvalue weighted by Crippen LogP contribution is -2.13. The summed E-state index contributed by atoms with van der Waals surface area (Å²) in [5, 5.41) is 12.1. The summed E-state index contributed by atoms with van der Waals surface area (Å²) in [5.74, 6) is -0.343. The van der Waals surface area contributed by atoms with E-state index in [1.54, 1.807) is 47.9 Å². The SMILES string of the molecule is CCC(=O)Nc1cccc(NC(=O)c2csc(-c3ccsc3)n2)c1. The summed E-state index contributed by atoms with van der Waals surface area (Å²) in [7, 11) is 0. The van der Waals surface area contributed by atoms with Crippen molar-refractivity contribution in [2.24, 2.45) is 0 Å². The summed E-state index contributed by atoms with van der Waals surface area (Å²) in [6.45, 7) is 1.79. The molecule has 24 heavy (non-hydrogen) atoms. The summed E-state index contributed by atoms with van der Waals surface area (Å²) in [5.41, 5.74) is 2.66. The molecule has 7 heteroatoms. The fourth-order valence-corrected chi connectivity index (χ4v) is 3.53. The van der Waals surface area contributed by atoms with Crippen LogP contribution < -0.4 is 10.6 Å². The molecule has 0 saturated carbocycles. The molecular weight excluding hydrogens is 342 g/mol. The molecule has 3 aromatic rings. The Bertz CT molecular complexity index is 856. The van der Waals surface area contributed by atoms with Crippen LogP contribution in [0.3, 0.4) is 0 Å². The number of thiophene rings is 1. The predicted molar refractivity (Wildman–Crippen MR) is 98.7 cm³/mol. The van der Waals surface area contributed by atoms with Crippen LogP contribution in [-0.2, 0) is 4.79 Å². The molecule has 0 spiro atoms. The maximum atomic E-state index is 12.3. The van der Waals surface area contributed by atoms with Crippen molar-refractivity contribution in [2.75, 3.05) is 10.6 Å². The standard InChI is InChI=1S/C17H15N3O2S2/c1-2-15(21)18-12-4-3-5-13(8-12)19-16(22)14-10-24-17(20-14)11-6-7-23-9-11/h3-10H,2H2,1H3,(H,18,21)(H,19,22). The number of carbonyl (C=O) groups excluding carboxylic acids is 2. The first-order chi connectivity index (χ1) is 11.7. The van der Waals surface area contributed by atoms with Crippen molar-refractivity contribution in [1.29, 1.82) is 0 Å². The molecule has 0 atom stereocenters. The van der Waals surface area contributed by atoms with Gasteiger partial charge in [-0.2, -0.15) is 11.3 Å². The number of anilines is 2. The molecule has 1 aromatic carbocycles. The summed E-state index contributed by atoms with van der Waals surface area (Å²) >= 11 is 3.03. The van der Waals surface area contributed by atoms with Crippen LogP contribution in [0.4, 0.5) is 11.4 Å². The lowest BCUT2D eigenvalue weighted by molar-refractivity contribution is -0.115. The Labute approximate surface area is 147 Å². The van der Waals surface area contributed by atoms with E-state index in [9.17, 15) is 9.59 Å². The minimum absolute atomic E-state index is 0.0709. The van der Waals surface area contributed by atoms with E-state index in [1.165, 1.54) is 11.3 Å². The van der Waals surface area contributed by atoms with E-state index in [2.05, 4.69) is 15.6 Å². The van der Waals surface area contributed by atoms with Gasteiger partial charge in [-0.1, -0.05) is 13.0 Å². The van der Waals surface area contributed by atoms with Gasteiger partial charge in [0.2, 0.25) is 5.91 Å². The maximum absolute atomic E-state index is 12.3. The number of rotatable bonds is 5. The highest BCUT2D eigenvalue weighted by atomic mass is 32.1. The van der Waals surface area contributed by atoms with Crippen LogP contribution in [0.25, 0.3) is 10.6 Å². The van der Waals surface area contributed by atoms with Crippen LogP contribution in [0.1, 0.15) is 23.8 Å². The van der Waals surface area contributed by atoms with Crippen LogP contribution >= 0.6 is 22.7 Å². The van der Waals surface area contributed by atoms with Crippen LogP contribution in [0, 0.1) is 0 Å². The fourth-order valence-electron chi connectivity index (χ4n) is 2.02. The molecule has 0 bridgehead atoms. The molecule has 0 unspecified atom stereocenters. The number of carbonyl (C=O) groups is 2. The van der Waals surface area contributed by atoms with Crippen molar-refractivity contribution in [3.63, 3.8) is 0 Å². The van der Waals surface area contributed by atoms with Gasteiger partial charge in [0.1, 0.15) is 10.7 Å². The summed E-state index contributed by atoms with van der Waals surface area (Å²) in [4.78, 5) is 28.2. The average molecular weight is 357 g/mol. The number of thiazole rings is 1. The number of nitrogens with zero attached hydrogens (tertiary/aromatic N) is 1. The van der Waals surface area contributed by atoms with Crippen LogP contribution in [-0.4, -0.2) is 16.8 Å². The van der Waals surface area contributed by atoms with E-state index in [-0.39, 0.29) is 11.8 Å². The molecule has 2 N–H and O–H groups in total. The van der Waals surface area contributed by atoms with Gasteiger partial charge in [0.15, 0.2) is 0 Å². The van der Waals surface area contributed by atoms with E-state index in [0.29, 0.717) is 23.5 Å². The van der Waals surface area contributed by atoms with E-state index in [4.69, 9.17) is 0 Å². The van der Waals surface area contributed by atoms with Gasteiger partial charge in [0, 0.05) is 34.1 Å². The molecule has 5 nitrogen and oxygen atoms in total. The number of nitrogens with one attached hydrogen (secondary N) is 2. The first-order valence-electron chi connectivity index (χ1n) is 7.35. The molecule has 2 aromatic heterocycles. The first kappa shape index (κ1) is 16.4. The maximum Gasteiger partial charge on any atom is 0.275 e. The highest BCUT2D eigenvalue weighted by Crippen LogP contribution is 2.26. The van der Waals surface area contributed by atoms with Crippen molar-refractivity contribution in [2.45, 2.75) is 13.3 Å². The van der Waals surface area contributed by atoms with Crippen LogP contribution in [0.2, 0.25) is 0 Å². The Morgan fingerprint density at radius 2 is 1.92 bits per heavy atom. The van der Waals surface area contributed by atoms with Gasteiger partial charge >= 0.3 is 0 Å². The van der Waals surface area contributed by atoms with Crippen molar-refractivity contribution in [3.8, 4) is 10.6 Å². The third-order valence-corrected chi connectivity index (χ3v) is 4.80. The highest BCUT2D eigenvalue weighted by Gasteiger charge is 2.12. The number of hydrogen-bond acceptors (Lipinski definition) is 5. The lowest BCUT2D eigenvalue weighted by atomic mass is 10.2. The molecule has 0 aliphatic heterocycles. The van der Waals surface area contributed by atoms with Gasteiger partial charge in [-0.3, -0.25) is 9.59 Å². The second-order valence-electron chi connectivity index (χ2n) is 4.99. The second kappa shape index (κ2) is 7.37. The Morgan fingerprint density at radius 1 is 1.12 bits per heavy atom. The van der Waals surface area contributed by atoms with Crippen LogP contribution in [0.5, 0.6) is 0 Å². The van der Waals surface area contributed by atoms with Crippen molar-refractivity contribution < 1.29 is 9.59 Å². The fraction of sp³-hybridized carbons (Fsp3) is 0.118. The van der Waals surface area contributed by atoms with Gasteiger partial charge in [-0.05, 0) is 29.6 Å². The molecule has 0 saturated heterocycles. The van der Waals surface area contributed by atoms with Gasteiger partial charge in [-0.25, -0.2) is 4.98 Å². The Kier molecular flexibility index (Phi) is 5.02. The smallest absolute Gasteiger partial charge is 0.275 e. The van der Waals surface area contributed by atoms with E-state index >= 15 is 0 Å². The molecule has 3 rings (SSSR count). The second-order valence-corrected chi connectivity index (χ2v) is 6.62. The van der Waals surface area contributed by atoms with Gasteiger partial charge < -0.3 is 10.6 Å². The molecule has 0 radical (unpaired) electrons. The molecule has 2 amide bonds. The van der Waals surface area contributed by atoms with Gasteiger partial charge in [0.25, 0.3) is 5.91 Å². The predicted octanol–water partition coefficient (Wildman–Crippen LogP) is 4.47. The molecule has 0 aliphatic rings. The average Bonchev–Trinajstić information content (AvgIpc) is 3.26. The minimum atomic E-state index is -0.272. The summed E-state index contributed by atoms with van der Waals surface area (Å²) in [6, 6.07) is 9.02. The Hall–Kier alpha value is -2.51. The normalized spacial score (nSPS) is 10.4. The topological polar surface area (TPSA) is 71.1 Å². The first-order valence-corrected chi connectivity index (χ1v) is 9.17. The number of amides is 2. The zero-order valence-corrected chi connectivity index (χ0v) is 14.5. The van der Waals surface area contributed by atoms with Crippen molar-refractivity contribution >= 4 is 45.9 Å². The number of benzene rings is 1. The largest absolute Gasteiger partial charge is 0.326 e. The number of hydrogen-bond donors (Lipinski definition) is 2. The van der Waals surface area contributed by atoms with Crippen molar-refractivity contribution in [3.05, 3.63) is 52.2 Å².